The van der Waals surface area contributed by atoms with Gasteiger partial charge in [-0.15, -0.1) is 0 Å². The van der Waals surface area contributed by atoms with Gasteiger partial charge in [-0.1, -0.05) is 6.92 Å². The number of rotatable bonds is 3. The molecule has 5 heteroatoms. The van der Waals surface area contributed by atoms with E-state index in [1.165, 1.54) is 22.8 Å². The fourth-order valence-electron chi connectivity index (χ4n) is 2.48. The van der Waals surface area contributed by atoms with Crippen molar-refractivity contribution in [3.8, 4) is 0 Å². The summed E-state index contributed by atoms with van der Waals surface area (Å²) in [4.78, 5) is 11.4. The first-order valence-electron chi connectivity index (χ1n) is 6.76. The van der Waals surface area contributed by atoms with Gasteiger partial charge in [-0.05, 0) is 31.0 Å². The molecule has 0 bridgehead atoms. The molecule has 1 saturated heterocycles. The summed E-state index contributed by atoms with van der Waals surface area (Å²) >= 11 is 1.52. The van der Waals surface area contributed by atoms with E-state index in [1.54, 1.807) is 0 Å². The fourth-order valence-corrected chi connectivity index (χ4v) is 3.26. The van der Waals surface area contributed by atoms with Gasteiger partial charge in [0.1, 0.15) is 5.82 Å². The number of nitrogens with zero attached hydrogens (tertiary/aromatic N) is 4. The van der Waals surface area contributed by atoms with Crippen molar-refractivity contribution in [2.24, 2.45) is 0 Å². The van der Waals surface area contributed by atoms with Crippen LogP contribution in [0.3, 0.4) is 0 Å². The van der Waals surface area contributed by atoms with Crippen molar-refractivity contribution < 1.29 is 0 Å². The third-order valence-corrected chi connectivity index (χ3v) is 4.40. The van der Waals surface area contributed by atoms with E-state index in [2.05, 4.69) is 45.2 Å². The molecule has 0 radical (unpaired) electrons. The van der Waals surface area contributed by atoms with Crippen LogP contribution in [0.15, 0.2) is 18.3 Å². The Kier molecular flexibility index (Phi) is 3.46. The highest BCUT2D eigenvalue weighted by molar-refractivity contribution is 7.09. The molecule has 19 heavy (non-hydrogen) atoms. The molecule has 2 aromatic heterocycles. The molecule has 0 amide bonds. The maximum Gasteiger partial charge on any atom is 0.205 e. The number of aryl methyl sites for hydroxylation is 2. The Morgan fingerprint density at radius 2 is 2.37 bits per heavy atom. The van der Waals surface area contributed by atoms with Crippen LogP contribution in [-0.4, -0.2) is 27.4 Å². The minimum Gasteiger partial charge on any atom is -0.346 e. The zero-order chi connectivity index (χ0) is 13.2. The van der Waals surface area contributed by atoms with Crippen LogP contribution in [0.25, 0.3) is 0 Å². The zero-order valence-electron chi connectivity index (χ0n) is 11.3. The number of hydrogen-bond donors (Lipinski definition) is 0. The van der Waals surface area contributed by atoms with Crippen LogP contribution in [0, 0.1) is 6.92 Å². The predicted octanol–water partition coefficient (Wildman–Crippen LogP) is 2.80. The normalized spacial score (nSPS) is 19.1. The van der Waals surface area contributed by atoms with E-state index in [9.17, 15) is 0 Å². The fraction of sp³-hybridized carbons (Fsp3) is 0.500. The van der Waals surface area contributed by atoms with Crippen molar-refractivity contribution in [3.05, 3.63) is 35.4 Å². The van der Waals surface area contributed by atoms with Crippen LogP contribution in [0.4, 0.5) is 5.13 Å². The van der Waals surface area contributed by atoms with Crippen molar-refractivity contribution in [1.29, 1.82) is 0 Å². The molecule has 1 unspecified atom stereocenters. The molecule has 1 aliphatic rings. The molecule has 0 aliphatic carbocycles. The van der Waals surface area contributed by atoms with Crippen LogP contribution in [0.2, 0.25) is 0 Å². The van der Waals surface area contributed by atoms with Crippen LogP contribution < -0.4 is 4.90 Å². The van der Waals surface area contributed by atoms with Gasteiger partial charge < -0.3 is 4.90 Å². The highest BCUT2D eigenvalue weighted by Crippen LogP contribution is 2.30. The zero-order valence-corrected chi connectivity index (χ0v) is 12.2. The molecule has 3 heterocycles. The number of pyridine rings is 1. The maximum absolute atomic E-state index is 4.57. The lowest BCUT2D eigenvalue weighted by atomic mass is 10.0. The Balaban J connectivity index is 1.73. The minimum atomic E-state index is 0.522. The summed E-state index contributed by atoms with van der Waals surface area (Å²) in [6.07, 6.45) is 3.97. The highest BCUT2D eigenvalue weighted by atomic mass is 32.1. The molecular formula is C14H18N4S. The molecule has 1 fully saturated rings. The average Bonchev–Trinajstić information content (AvgIpc) is 3.07. The van der Waals surface area contributed by atoms with Crippen molar-refractivity contribution in [2.45, 2.75) is 32.6 Å². The van der Waals surface area contributed by atoms with Gasteiger partial charge in [0, 0.05) is 48.9 Å². The first kappa shape index (κ1) is 12.5. The van der Waals surface area contributed by atoms with Crippen molar-refractivity contribution in [3.63, 3.8) is 0 Å². The van der Waals surface area contributed by atoms with Gasteiger partial charge >= 0.3 is 0 Å². The van der Waals surface area contributed by atoms with Crippen molar-refractivity contribution >= 4 is 16.7 Å². The minimum absolute atomic E-state index is 0.522. The lowest BCUT2D eigenvalue weighted by Gasteiger charge is -2.14. The average molecular weight is 274 g/mol. The third-order valence-electron chi connectivity index (χ3n) is 3.59. The van der Waals surface area contributed by atoms with Gasteiger partial charge in [0.2, 0.25) is 5.13 Å². The topological polar surface area (TPSA) is 41.9 Å². The lowest BCUT2D eigenvalue weighted by Crippen LogP contribution is -2.19. The molecule has 0 saturated carbocycles. The lowest BCUT2D eigenvalue weighted by molar-refractivity contribution is 0.743. The molecule has 100 valence electrons. The van der Waals surface area contributed by atoms with E-state index in [0.717, 1.165) is 36.9 Å². The smallest absolute Gasteiger partial charge is 0.205 e. The number of aromatic nitrogens is 3. The van der Waals surface area contributed by atoms with E-state index in [1.807, 2.05) is 6.20 Å². The number of anilines is 1. The second kappa shape index (κ2) is 5.25. The first-order valence-corrected chi connectivity index (χ1v) is 7.53. The summed E-state index contributed by atoms with van der Waals surface area (Å²) in [5.74, 6) is 1.48. The largest absolute Gasteiger partial charge is 0.346 e. The van der Waals surface area contributed by atoms with Gasteiger partial charge in [0.15, 0.2) is 0 Å². The van der Waals surface area contributed by atoms with Gasteiger partial charge in [-0.2, -0.15) is 4.37 Å². The van der Waals surface area contributed by atoms with Gasteiger partial charge in [-0.3, -0.25) is 4.98 Å². The van der Waals surface area contributed by atoms with E-state index in [0.29, 0.717) is 5.92 Å². The van der Waals surface area contributed by atoms with E-state index in [4.69, 9.17) is 0 Å². The van der Waals surface area contributed by atoms with E-state index in [-0.39, 0.29) is 0 Å². The Morgan fingerprint density at radius 1 is 1.47 bits per heavy atom. The predicted molar refractivity (Wildman–Crippen MR) is 77.8 cm³/mol. The number of hydrogen-bond acceptors (Lipinski definition) is 5. The molecule has 4 nitrogen and oxygen atoms in total. The summed E-state index contributed by atoms with van der Waals surface area (Å²) in [6, 6.07) is 4.25. The third kappa shape index (κ3) is 2.61. The van der Waals surface area contributed by atoms with Crippen LogP contribution in [0.1, 0.15) is 36.3 Å². The molecule has 1 aliphatic heterocycles. The highest BCUT2D eigenvalue weighted by Gasteiger charge is 2.27. The van der Waals surface area contributed by atoms with Gasteiger partial charge in [-0.25, -0.2) is 4.98 Å². The Morgan fingerprint density at radius 3 is 3.11 bits per heavy atom. The van der Waals surface area contributed by atoms with Crippen LogP contribution in [0.5, 0.6) is 0 Å². The summed E-state index contributed by atoms with van der Waals surface area (Å²) in [6.45, 7) is 6.28. The van der Waals surface area contributed by atoms with Crippen molar-refractivity contribution in [1.82, 2.24) is 14.3 Å². The molecule has 0 aromatic carbocycles. The molecule has 0 N–H and O–H groups in total. The molecule has 0 spiro atoms. The molecule has 2 aromatic rings. The Bertz CT molecular complexity index is 566. The standard InChI is InChI=1S/C14H18N4S/c1-3-13-16-14(19-17-13)18-7-5-11(9-18)12-8-10(2)4-6-15-12/h4,6,8,11H,3,5,7,9H2,1-2H3. The Labute approximate surface area is 117 Å². The second-order valence-corrected chi connectivity index (χ2v) is 5.77. The van der Waals surface area contributed by atoms with Gasteiger partial charge in [0.25, 0.3) is 0 Å². The van der Waals surface area contributed by atoms with Crippen molar-refractivity contribution in [2.75, 3.05) is 18.0 Å². The van der Waals surface area contributed by atoms with Gasteiger partial charge in [0.05, 0.1) is 0 Å². The quantitative estimate of drug-likeness (QED) is 0.863. The molecular weight excluding hydrogens is 256 g/mol. The molecule has 3 rings (SSSR count). The SMILES string of the molecule is CCc1nsc(N2CCC(c3cc(C)ccn3)C2)n1. The maximum atomic E-state index is 4.57. The molecule has 1 atom stereocenters. The second-order valence-electron chi connectivity index (χ2n) is 5.04. The summed E-state index contributed by atoms with van der Waals surface area (Å²) in [5.41, 5.74) is 2.50. The van der Waals surface area contributed by atoms with Crippen LogP contribution >= 0.6 is 11.5 Å². The Hall–Kier alpha value is -1.49. The monoisotopic (exact) mass is 274 g/mol. The summed E-state index contributed by atoms with van der Waals surface area (Å²) in [5, 5.41) is 1.06. The summed E-state index contributed by atoms with van der Waals surface area (Å²) in [7, 11) is 0. The summed E-state index contributed by atoms with van der Waals surface area (Å²) < 4.78 is 4.36. The van der Waals surface area contributed by atoms with Crippen LogP contribution in [-0.2, 0) is 6.42 Å². The first-order chi connectivity index (χ1) is 9.26. The van der Waals surface area contributed by atoms with E-state index >= 15 is 0 Å². The van der Waals surface area contributed by atoms with E-state index < -0.39 is 0 Å².